The van der Waals surface area contributed by atoms with E-state index in [0.717, 1.165) is 0 Å². The number of nitro benzene ring substituents is 1. The molecule has 0 fully saturated rings. The molecule has 8 nitrogen and oxygen atoms in total. The van der Waals surface area contributed by atoms with Gasteiger partial charge in [-0.15, -0.1) is 0 Å². The summed E-state index contributed by atoms with van der Waals surface area (Å²) in [5, 5.41) is 30.7. The minimum Gasteiger partial charge on any atom is -0.489 e. The minimum absolute atomic E-state index is 0.00518. The zero-order valence-corrected chi connectivity index (χ0v) is 10.0. The number of nitrogens with one attached hydrogen (secondary N) is 1. The maximum Gasteiger partial charge on any atom is 0.305 e. The number of carboxylic acid groups (broad SMARTS) is 1. The van der Waals surface area contributed by atoms with E-state index in [9.17, 15) is 14.9 Å². The molecule has 0 radical (unpaired) electrons. The molecule has 19 heavy (non-hydrogen) atoms. The summed E-state index contributed by atoms with van der Waals surface area (Å²) in [5.74, 6) is -0.749. The smallest absolute Gasteiger partial charge is 0.305 e. The Labute approximate surface area is 108 Å². The Morgan fingerprint density at radius 2 is 2.21 bits per heavy atom. The SMILES string of the molecule is O=C(O)CCNc1ccc([N+](=O)[O-])cc1OCCO. The van der Waals surface area contributed by atoms with Crippen LogP contribution in [0.15, 0.2) is 18.2 Å². The fourth-order valence-corrected chi connectivity index (χ4v) is 1.35. The number of aliphatic carboxylic acids is 1. The molecule has 3 N–H and O–H groups in total. The number of carboxylic acids is 1. The molecule has 0 saturated heterocycles. The highest BCUT2D eigenvalue weighted by Crippen LogP contribution is 2.29. The molecule has 1 aromatic rings. The van der Waals surface area contributed by atoms with Crippen LogP contribution < -0.4 is 10.1 Å². The van der Waals surface area contributed by atoms with Gasteiger partial charge in [0.05, 0.1) is 29.7 Å². The van der Waals surface area contributed by atoms with Crippen LogP contribution in [0.3, 0.4) is 0 Å². The topological polar surface area (TPSA) is 122 Å². The number of aliphatic hydroxyl groups is 1. The molecule has 0 bridgehead atoms. The number of aliphatic hydroxyl groups excluding tert-OH is 1. The van der Waals surface area contributed by atoms with Crippen LogP contribution in [0.25, 0.3) is 0 Å². The van der Waals surface area contributed by atoms with Gasteiger partial charge >= 0.3 is 5.97 Å². The summed E-state index contributed by atoms with van der Waals surface area (Å²) in [4.78, 5) is 20.5. The van der Waals surface area contributed by atoms with Crippen molar-refractivity contribution >= 4 is 17.3 Å². The molecule has 0 atom stereocenters. The molecule has 0 spiro atoms. The van der Waals surface area contributed by atoms with Crippen molar-refractivity contribution < 1.29 is 24.7 Å². The molecule has 0 aliphatic heterocycles. The van der Waals surface area contributed by atoms with Crippen molar-refractivity contribution in [2.24, 2.45) is 0 Å². The van der Waals surface area contributed by atoms with E-state index in [0.29, 0.717) is 5.69 Å². The third kappa shape index (κ3) is 4.80. The van der Waals surface area contributed by atoms with Gasteiger partial charge in [0.25, 0.3) is 5.69 Å². The zero-order chi connectivity index (χ0) is 14.3. The van der Waals surface area contributed by atoms with Gasteiger partial charge in [0.15, 0.2) is 0 Å². The van der Waals surface area contributed by atoms with E-state index in [1.54, 1.807) is 0 Å². The van der Waals surface area contributed by atoms with E-state index < -0.39 is 10.9 Å². The highest BCUT2D eigenvalue weighted by molar-refractivity contribution is 5.68. The van der Waals surface area contributed by atoms with Gasteiger partial charge in [0.1, 0.15) is 12.4 Å². The van der Waals surface area contributed by atoms with Crippen molar-refractivity contribution in [3.8, 4) is 5.75 Å². The second kappa shape index (κ2) is 7.17. The molecular weight excluding hydrogens is 256 g/mol. The van der Waals surface area contributed by atoms with Crippen molar-refractivity contribution in [3.63, 3.8) is 0 Å². The average molecular weight is 270 g/mol. The summed E-state index contributed by atoms with van der Waals surface area (Å²) < 4.78 is 5.17. The lowest BCUT2D eigenvalue weighted by Gasteiger charge is -2.11. The van der Waals surface area contributed by atoms with Crippen molar-refractivity contribution in [3.05, 3.63) is 28.3 Å². The molecule has 8 heteroatoms. The summed E-state index contributed by atoms with van der Waals surface area (Å²) in [6.07, 6.45) is -0.0869. The van der Waals surface area contributed by atoms with E-state index in [2.05, 4.69) is 5.32 Å². The van der Waals surface area contributed by atoms with Gasteiger partial charge in [-0.25, -0.2) is 0 Å². The Hall–Kier alpha value is -2.35. The summed E-state index contributed by atoms with van der Waals surface area (Å²) in [6.45, 7) is -0.0608. The lowest BCUT2D eigenvalue weighted by molar-refractivity contribution is -0.384. The van der Waals surface area contributed by atoms with Crippen LogP contribution in [0.1, 0.15) is 6.42 Å². The van der Waals surface area contributed by atoms with E-state index in [1.165, 1.54) is 18.2 Å². The first-order chi connectivity index (χ1) is 9.04. The van der Waals surface area contributed by atoms with E-state index in [4.69, 9.17) is 14.9 Å². The monoisotopic (exact) mass is 270 g/mol. The molecule has 0 saturated carbocycles. The standard InChI is InChI=1S/C11H14N2O6/c14-5-6-19-10-7-8(13(17)18)1-2-9(10)12-4-3-11(15)16/h1-2,7,12,14H,3-6H2,(H,15,16). The second-order valence-electron chi connectivity index (χ2n) is 3.58. The quantitative estimate of drug-likeness (QED) is 0.472. The number of anilines is 1. The molecule has 1 aromatic carbocycles. The van der Waals surface area contributed by atoms with E-state index in [-0.39, 0.29) is 37.6 Å². The molecular formula is C11H14N2O6. The summed E-state index contributed by atoms with van der Waals surface area (Å²) in [6, 6.07) is 3.94. The number of benzene rings is 1. The van der Waals surface area contributed by atoms with Gasteiger partial charge in [-0.1, -0.05) is 0 Å². The summed E-state index contributed by atoms with van der Waals surface area (Å²) in [5.41, 5.74) is 0.303. The molecule has 0 aliphatic rings. The molecule has 0 amide bonds. The van der Waals surface area contributed by atoms with Crippen LogP contribution in [-0.4, -0.2) is 40.9 Å². The number of carbonyl (C=O) groups is 1. The lowest BCUT2D eigenvalue weighted by atomic mass is 10.2. The normalized spacial score (nSPS) is 9.95. The number of hydrogen-bond donors (Lipinski definition) is 3. The van der Waals surface area contributed by atoms with Crippen LogP contribution in [-0.2, 0) is 4.79 Å². The predicted octanol–water partition coefficient (Wildman–Crippen LogP) is 0.852. The van der Waals surface area contributed by atoms with Crippen LogP contribution in [0.4, 0.5) is 11.4 Å². The number of ether oxygens (including phenoxy) is 1. The predicted molar refractivity (Wildman–Crippen MR) is 66.4 cm³/mol. The van der Waals surface area contributed by atoms with Crippen LogP contribution >= 0.6 is 0 Å². The Morgan fingerprint density at radius 1 is 1.47 bits per heavy atom. The molecule has 104 valence electrons. The average Bonchev–Trinajstić information content (AvgIpc) is 2.36. The number of hydrogen-bond acceptors (Lipinski definition) is 6. The Kier molecular flexibility index (Phi) is 5.55. The van der Waals surface area contributed by atoms with Gasteiger partial charge in [0, 0.05) is 12.6 Å². The Balaban J connectivity index is 2.82. The molecule has 0 unspecified atom stereocenters. The van der Waals surface area contributed by atoms with E-state index in [1.807, 2.05) is 0 Å². The first-order valence-electron chi connectivity index (χ1n) is 5.52. The van der Waals surface area contributed by atoms with Crippen LogP contribution in [0, 0.1) is 10.1 Å². The zero-order valence-electron chi connectivity index (χ0n) is 10.0. The first-order valence-corrected chi connectivity index (χ1v) is 5.52. The highest BCUT2D eigenvalue weighted by atomic mass is 16.6. The van der Waals surface area contributed by atoms with Crippen molar-refractivity contribution in [1.82, 2.24) is 0 Å². The second-order valence-corrected chi connectivity index (χ2v) is 3.58. The van der Waals surface area contributed by atoms with Crippen LogP contribution in [0.2, 0.25) is 0 Å². The Morgan fingerprint density at radius 3 is 2.79 bits per heavy atom. The van der Waals surface area contributed by atoms with Crippen molar-refractivity contribution in [1.29, 1.82) is 0 Å². The van der Waals surface area contributed by atoms with Gasteiger partial charge in [-0.05, 0) is 6.07 Å². The summed E-state index contributed by atoms with van der Waals surface area (Å²) in [7, 11) is 0. The number of nitrogens with zero attached hydrogens (tertiary/aromatic N) is 1. The van der Waals surface area contributed by atoms with Gasteiger partial charge < -0.3 is 20.3 Å². The lowest BCUT2D eigenvalue weighted by Crippen LogP contribution is -2.10. The fourth-order valence-electron chi connectivity index (χ4n) is 1.35. The van der Waals surface area contributed by atoms with Crippen molar-refractivity contribution in [2.45, 2.75) is 6.42 Å². The molecule has 1 rings (SSSR count). The van der Waals surface area contributed by atoms with Gasteiger partial charge in [-0.2, -0.15) is 0 Å². The maximum absolute atomic E-state index is 10.6. The number of rotatable bonds is 8. The number of non-ortho nitro benzene ring substituents is 1. The molecule has 0 aliphatic carbocycles. The molecule has 0 heterocycles. The van der Waals surface area contributed by atoms with Gasteiger partial charge in [0.2, 0.25) is 0 Å². The fraction of sp³-hybridized carbons (Fsp3) is 0.364. The maximum atomic E-state index is 10.6. The molecule has 0 aromatic heterocycles. The minimum atomic E-state index is -0.952. The van der Waals surface area contributed by atoms with Crippen molar-refractivity contribution in [2.75, 3.05) is 25.1 Å². The highest BCUT2D eigenvalue weighted by Gasteiger charge is 2.12. The van der Waals surface area contributed by atoms with Gasteiger partial charge in [-0.3, -0.25) is 14.9 Å². The summed E-state index contributed by atoms with van der Waals surface area (Å²) >= 11 is 0. The third-order valence-corrected chi connectivity index (χ3v) is 2.18. The number of nitro groups is 1. The third-order valence-electron chi connectivity index (χ3n) is 2.18. The largest absolute Gasteiger partial charge is 0.489 e. The van der Waals surface area contributed by atoms with E-state index >= 15 is 0 Å². The van der Waals surface area contributed by atoms with Crippen LogP contribution in [0.5, 0.6) is 5.75 Å². The first kappa shape index (κ1) is 14.7. The Bertz CT molecular complexity index is 462.